The molecule has 0 spiro atoms. The van der Waals surface area contributed by atoms with Crippen LogP contribution in [0.1, 0.15) is 32.6 Å². The predicted molar refractivity (Wildman–Crippen MR) is 72.4 cm³/mol. The number of nitrogens with one attached hydrogen (secondary N) is 1. The molecular weight excluding hydrogens is 224 g/mol. The van der Waals surface area contributed by atoms with Crippen LogP contribution in [0.3, 0.4) is 0 Å². The Labute approximate surface area is 109 Å². The molecule has 100 valence electrons. The van der Waals surface area contributed by atoms with Gasteiger partial charge in [-0.15, -0.1) is 0 Å². The van der Waals surface area contributed by atoms with Gasteiger partial charge in [-0.3, -0.25) is 9.58 Å². The van der Waals surface area contributed by atoms with Crippen LogP contribution < -0.4 is 5.32 Å². The lowest BCUT2D eigenvalue weighted by Gasteiger charge is -2.19. The van der Waals surface area contributed by atoms with Gasteiger partial charge in [0.05, 0.1) is 0 Å². The van der Waals surface area contributed by atoms with Gasteiger partial charge >= 0.3 is 0 Å². The quantitative estimate of drug-likeness (QED) is 0.774. The van der Waals surface area contributed by atoms with Crippen LogP contribution in [0, 0.1) is 0 Å². The van der Waals surface area contributed by atoms with E-state index >= 15 is 0 Å². The van der Waals surface area contributed by atoms with E-state index < -0.39 is 0 Å². The van der Waals surface area contributed by atoms with Crippen LogP contribution in [0.4, 0.5) is 0 Å². The van der Waals surface area contributed by atoms with Gasteiger partial charge in [-0.1, -0.05) is 0 Å². The monoisotopic (exact) mass is 248 g/mol. The van der Waals surface area contributed by atoms with Gasteiger partial charge < -0.3 is 5.32 Å². The average Bonchev–Trinajstić information content (AvgIpc) is 2.94. The molecule has 1 saturated carbocycles. The van der Waals surface area contributed by atoms with Gasteiger partial charge in [0.1, 0.15) is 0 Å². The van der Waals surface area contributed by atoms with Gasteiger partial charge in [-0.25, -0.2) is 0 Å². The third-order valence-electron chi connectivity index (χ3n) is 4.20. The van der Waals surface area contributed by atoms with Gasteiger partial charge in [0.25, 0.3) is 0 Å². The lowest BCUT2D eigenvalue weighted by Crippen LogP contribution is -2.34. The van der Waals surface area contributed by atoms with E-state index in [0.717, 1.165) is 31.6 Å². The molecule has 1 saturated heterocycles. The Bertz CT molecular complexity index is 358. The number of aryl methyl sites for hydroxylation is 1. The molecule has 1 aromatic heterocycles. The third kappa shape index (κ3) is 2.93. The Morgan fingerprint density at radius 1 is 1.39 bits per heavy atom. The summed E-state index contributed by atoms with van der Waals surface area (Å²) in [6.45, 7) is 5.77. The summed E-state index contributed by atoms with van der Waals surface area (Å²) in [5, 5.41) is 7.93. The average molecular weight is 248 g/mol. The first kappa shape index (κ1) is 12.2. The lowest BCUT2D eigenvalue weighted by atomic mass is 10.2. The Kier molecular flexibility index (Phi) is 3.66. The molecule has 1 N–H and O–H groups in total. The van der Waals surface area contributed by atoms with Crippen LogP contribution >= 0.6 is 0 Å². The molecule has 18 heavy (non-hydrogen) atoms. The Morgan fingerprint density at radius 2 is 2.28 bits per heavy atom. The lowest BCUT2D eigenvalue weighted by molar-refractivity contribution is 0.255. The molecule has 2 atom stereocenters. The van der Waals surface area contributed by atoms with Gasteiger partial charge in [-0.2, -0.15) is 5.10 Å². The Hall–Kier alpha value is -0.870. The van der Waals surface area contributed by atoms with Crippen LogP contribution in [0.2, 0.25) is 0 Å². The van der Waals surface area contributed by atoms with Crippen molar-refractivity contribution in [3.63, 3.8) is 0 Å². The van der Waals surface area contributed by atoms with Crippen molar-refractivity contribution >= 4 is 0 Å². The summed E-state index contributed by atoms with van der Waals surface area (Å²) in [5.41, 5.74) is 0. The highest BCUT2D eigenvalue weighted by molar-refractivity contribution is 4.95. The first-order valence-electron chi connectivity index (χ1n) is 7.29. The van der Waals surface area contributed by atoms with Crippen molar-refractivity contribution in [2.24, 2.45) is 0 Å². The normalized spacial score (nSPS) is 28.9. The second-order valence-corrected chi connectivity index (χ2v) is 5.79. The van der Waals surface area contributed by atoms with E-state index in [1.54, 1.807) is 0 Å². The van der Waals surface area contributed by atoms with Crippen LogP contribution in [0.25, 0.3) is 0 Å². The van der Waals surface area contributed by atoms with E-state index in [0.29, 0.717) is 6.04 Å². The topological polar surface area (TPSA) is 33.1 Å². The van der Waals surface area contributed by atoms with E-state index in [2.05, 4.69) is 22.2 Å². The van der Waals surface area contributed by atoms with E-state index in [-0.39, 0.29) is 0 Å². The molecule has 1 aromatic rings. The van der Waals surface area contributed by atoms with Gasteiger partial charge in [0.2, 0.25) is 0 Å². The maximum absolute atomic E-state index is 4.22. The van der Waals surface area contributed by atoms with E-state index in [4.69, 9.17) is 0 Å². The Morgan fingerprint density at radius 3 is 3.00 bits per heavy atom. The summed E-state index contributed by atoms with van der Waals surface area (Å²) in [6.07, 6.45) is 9.22. The van der Waals surface area contributed by atoms with E-state index in [9.17, 15) is 0 Å². The SMILES string of the molecule is CC1CC(NCCCn2cccn2)CN1C1CC1. The van der Waals surface area contributed by atoms with Crippen molar-refractivity contribution in [3.05, 3.63) is 18.5 Å². The zero-order valence-electron chi connectivity index (χ0n) is 11.3. The van der Waals surface area contributed by atoms with E-state index in [1.807, 2.05) is 23.1 Å². The molecule has 0 aromatic carbocycles. The molecule has 4 heteroatoms. The summed E-state index contributed by atoms with van der Waals surface area (Å²) in [6, 6.07) is 4.38. The summed E-state index contributed by atoms with van der Waals surface area (Å²) < 4.78 is 2.01. The molecule has 0 radical (unpaired) electrons. The van der Waals surface area contributed by atoms with Crippen molar-refractivity contribution in [1.29, 1.82) is 0 Å². The molecule has 2 heterocycles. The number of rotatable bonds is 6. The van der Waals surface area contributed by atoms with Crippen LogP contribution in [0.5, 0.6) is 0 Å². The highest BCUT2D eigenvalue weighted by atomic mass is 15.3. The Balaban J connectivity index is 1.34. The molecule has 2 fully saturated rings. The number of likely N-dealkylation sites (tertiary alicyclic amines) is 1. The highest BCUT2D eigenvalue weighted by Crippen LogP contribution is 2.33. The minimum Gasteiger partial charge on any atom is -0.313 e. The van der Waals surface area contributed by atoms with Gasteiger partial charge in [0.15, 0.2) is 0 Å². The molecule has 3 rings (SSSR count). The summed E-state index contributed by atoms with van der Waals surface area (Å²) in [4.78, 5) is 2.70. The zero-order chi connectivity index (χ0) is 12.4. The molecule has 1 aliphatic heterocycles. The summed E-state index contributed by atoms with van der Waals surface area (Å²) in [5.74, 6) is 0. The van der Waals surface area contributed by atoms with Crippen LogP contribution in [-0.4, -0.2) is 45.9 Å². The first-order valence-corrected chi connectivity index (χ1v) is 7.29. The van der Waals surface area contributed by atoms with Crippen molar-refractivity contribution in [2.75, 3.05) is 13.1 Å². The maximum atomic E-state index is 4.22. The summed E-state index contributed by atoms with van der Waals surface area (Å²) >= 11 is 0. The second-order valence-electron chi connectivity index (χ2n) is 5.79. The molecule has 1 aliphatic carbocycles. The molecule has 0 bridgehead atoms. The minimum atomic E-state index is 0.707. The van der Waals surface area contributed by atoms with Gasteiger partial charge in [-0.05, 0) is 45.2 Å². The molecule has 2 unspecified atom stereocenters. The number of aromatic nitrogens is 2. The fraction of sp³-hybridized carbons (Fsp3) is 0.786. The fourth-order valence-corrected chi connectivity index (χ4v) is 3.10. The molecule has 0 amide bonds. The second kappa shape index (κ2) is 5.41. The summed E-state index contributed by atoms with van der Waals surface area (Å²) in [7, 11) is 0. The van der Waals surface area contributed by atoms with Crippen molar-refractivity contribution < 1.29 is 0 Å². The van der Waals surface area contributed by atoms with Crippen molar-refractivity contribution in [2.45, 2.75) is 57.3 Å². The highest BCUT2D eigenvalue weighted by Gasteiger charge is 2.38. The third-order valence-corrected chi connectivity index (χ3v) is 4.20. The predicted octanol–water partition coefficient (Wildman–Crippen LogP) is 1.49. The smallest absolute Gasteiger partial charge is 0.0489 e. The molecule has 4 nitrogen and oxygen atoms in total. The van der Waals surface area contributed by atoms with Crippen molar-refractivity contribution in [1.82, 2.24) is 20.0 Å². The number of hydrogen-bond donors (Lipinski definition) is 1. The molecule has 2 aliphatic rings. The number of nitrogens with zero attached hydrogens (tertiary/aromatic N) is 3. The largest absolute Gasteiger partial charge is 0.313 e. The van der Waals surface area contributed by atoms with Crippen LogP contribution in [0.15, 0.2) is 18.5 Å². The van der Waals surface area contributed by atoms with Crippen molar-refractivity contribution in [3.8, 4) is 0 Å². The maximum Gasteiger partial charge on any atom is 0.0489 e. The fourth-order valence-electron chi connectivity index (χ4n) is 3.10. The minimum absolute atomic E-state index is 0.707. The standard InChI is InChI=1S/C14H24N4/c1-12-10-13(11-18(12)14-4-5-14)15-6-2-8-17-9-3-7-16-17/h3,7,9,12-15H,2,4-6,8,10-11H2,1H3. The van der Waals surface area contributed by atoms with Crippen LogP contribution in [-0.2, 0) is 6.54 Å². The first-order chi connectivity index (χ1) is 8.83. The van der Waals surface area contributed by atoms with Gasteiger partial charge in [0, 0.05) is 43.6 Å². The number of hydrogen-bond acceptors (Lipinski definition) is 3. The van der Waals surface area contributed by atoms with E-state index in [1.165, 1.54) is 25.8 Å². The zero-order valence-corrected chi connectivity index (χ0v) is 11.3. The molecular formula is C14H24N4.